The zero-order valence-electron chi connectivity index (χ0n) is 8.98. The van der Waals surface area contributed by atoms with E-state index in [-0.39, 0.29) is 16.2 Å². The van der Waals surface area contributed by atoms with Crippen LogP contribution in [0.5, 0.6) is 0 Å². The van der Waals surface area contributed by atoms with E-state index in [0.29, 0.717) is 10.2 Å². The van der Waals surface area contributed by atoms with Crippen LogP contribution in [0, 0.1) is 5.82 Å². The molecular weight excluding hydrogens is 263 g/mol. The van der Waals surface area contributed by atoms with Gasteiger partial charge in [0.05, 0.1) is 17.5 Å². The topological polar surface area (TPSA) is 43.8 Å². The quantitative estimate of drug-likeness (QED) is 0.873. The molecule has 0 amide bonds. The van der Waals surface area contributed by atoms with E-state index < -0.39 is 12.4 Å². The number of benzene rings is 1. The predicted molar refractivity (Wildman–Crippen MR) is 64.8 cm³/mol. The predicted octanol–water partition coefficient (Wildman–Crippen LogP) is 2.72. The van der Waals surface area contributed by atoms with Crippen LogP contribution in [0.2, 0.25) is 0 Å². The fraction of sp³-hybridized carbons (Fsp3) is 0.0909. The number of hydrogen-bond acceptors (Lipinski definition) is 2. The smallest absolute Gasteiger partial charge is 0.333 e. The van der Waals surface area contributed by atoms with Gasteiger partial charge in [-0.25, -0.2) is 9.07 Å². The first kappa shape index (κ1) is 12.6. The minimum Gasteiger partial charge on any atom is -0.389 e. The van der Waals surface area contributed by atoms with Gasteiger partial charge in [-0.1, -0.05) is 12.2 Å². The van der Waals surface area contributed by atoms with Crippen LogP contribution in [0.1, 0.15) is 12.1 Å². The van der Waals surface area contributed by atoms with E-state index in [1.54, 1.807) is 0 Å². The van der Waals surface area contributed by atoms with Crippen molar-refractivity contribution in [1.29, 1.82) is 0 Å². The molecule has 0 aliphatic heterocycles. The van der Waals surface area contributed by atoms with Gasteiger partial charge in [0.2, 0.25) is 0 Å². The van der Waals surface area contributed by atoms with Crippen LogP contribution in [-0.4, -0.2) is 14.8 Å². The van der Waals surface area contributed by atoms with E-state index in [9.17, 15) is 13.2 Å². The maximum absolute atomic E-state index is 12.8. The molecule has 0 radical (unpaired) electrons. The van der Waals surface area contributed by atoms with Crippen molar-refractivity contribution in [1.82, 2.24) is 9.78 Å². The van der Waals surface area contributed by atoms with Gasteiger partial charge < -0.3 is 5.73 Å². The highest BCUT2D eigenvalue weighted by Gasteiger charge is 2.19. The maximum atomic E-state index is 12.8. The highest BCUT2D eigenvalue weighted by atomic mass is 32.1. The van der Waals surface area contributed by atoms with Crippen molar-refractivity contribution < 1.29 is 13.2 Å². The molecule has 0 saturated carbocycles. The molecule has 0 spiro atoms. The average Bonchev–Trinajstić information content (AvgIpc) is 2.74. The third-order valence-electron chi connectivity index (χ3n) is 2.36. The van der Waals surface area contributed by atoms with Gasteiger partial charge in [-0.05, 0) is 24.3 Å². The summed E-state index contributed by atoms with van der Waals surface area (Å²) in [7, 11) is 0. The molecule has 0 atom stereocenters. The Morgan fingerprint density at radius 2 is 1.89 bits per heavy atom. The molecule has 2 rings (SSSR count). The summed E-state index contributed by atoms with van der Waals surface area (Å²) in [6.07, 6.45) is 1.17. The summed E-state index contributed by atoms with van der Waals surface area (Å²) in [6, 6.07) is 5.07. The van der Waals surface area contributed by atoms with Gasteiger partial charge in [0.1, 0.15) is 10.8 Å². The van der Waals surface area contributed by atoms with E-state index in [4.69, 9.17) is 18.0 Å². The lowest BCUT2D eigenvalue weighted by Gasteiger charge is -2.08. The molecule has 0 aliphatic rings. The molecule has 0 saturated heterocycles. The van der Waals surface area contributed by atoms with Gasteiger partial charge in [-0.15, -0.1) is 0 Å². The molecule has 1 aromatic carbocycles. The second kappa shape index (κ2) is 4.77. The molecule has 0 aliphatic carbocycles. The van der Waals surface area contributed by atoms with Crippen molar-refractivity contribution in [2.75, 3.05) is 0 Å². The molecule has 1 aromatic heterocycles. The first-order valence-corrected chi connectivity index (χ1v) is 5.33. The number of nitrogens with zero attached hydrogens (tertiary/aromatic N) is 2. The Hall–Kier alpha value is -1.89. The summed E-state index contributed by atoms with van der Waals surface area (Å²) in [5, 5.41) is 3.54. The molecule has 18 heavy (non-hydrogen) atoms. The van der Waals surface area contributed by atoms with Crippen molar-refractivity contribution in [3.63, 3.8) is 0 Å². The second-order valence-corrected chi connectivity index (χ2v) is 3.94. The lowest BCUT2D eigenvalue weighted by molar-refractivity contribution is 0.0585. The van der Waals surface area contributed by atoms with E-state index in [1.165, 1.54) is 30.5 Å². The van der Waals surface area contributed by atoms with Crippen molar-refractivity contribution in [3.05, 3.63) is 41.8 Å². The van der Waals surface area contributed by atoms with Crippen molar-refractivity contribution >= 4 is 17.2 Å². The summed E-state index contributed by atoms with van der Waals surface area (Å²) in [5.74, 6) is -0.460. The summed E-state index contributed by atoms with van der Waals surface area (Å²) >= 11 is 4.78. The van der Waals surface area contributed by atoms with Crippen LogP contribution < -0.4 is 5.73 Å². The molecule has 0 fully saturated rings. The molecular formula is C11H8F3N3S. The second-order valence-electron chi connectivity index (χ2n) is 3.50. The Morgan fingerprint density at radius 3 is 2.39 bits per heavy atom. The van der Waals surface area contributed by atoms with Crippen molar-refractivity contribution in [2.24, 2.45) is 5.73 Å². The fourth-order valence-electron chi connectivity index (χ4n) is 1.59. The highest BCUT2D eigenvalue weighted by molar-refractivity contribution is 7.80. The van der Waals surface area contributed by atoms with Gasteiger partial charge in [0, 0.05) is 5.56 Å². The standard InChI is InChI=1S/C11H8F3N3S/c12-7-3-1-6(2-4-7)9-8(10(15)18)5-16-17(9)11(13)14/h1-5,11H,(H2,15,18). The van der Waals surface area contributed by atoms with Gasteiger partial charge in [-0.2, -0.15) is 13.9 Å². The third kappa shape index (κ3) is 2.21. The van der Waals surface area contributed by atoms with E-state index in [1.807, 2.05) is 0 Å². The van der Waals surface area contributed by atoms with Crippen molar-refractivity contribution in [2.45, 2.75) is 6.55 Å². The van der Waals surface area contributed by atoms with Crippen LogP contribution in [0.15, 0.2) is 30.5 Å². The Bertz CT molecular complexity index is 578. The van der Waals surface area contributed by atoms with E-state index in [2.05, 4.69) is 5.10 Å². The number of thiocarbonyl (C=S) groups is 1. The normalized spacial score (nSPS) is 10.9. The molecule has 7 heteroatoms. The van der Waals surface area contributed by atoms with Gasteiger partial charge in [0.15, 0.2) is 0 Å². The molecule has 2 aromatic rings. The Labute approximate surface area is 106 Å². The zero-order chi connectivity index (χ0) is 13.3. The number of hydrogen-bond donors (Lipinski definition) is 1. The minimum atomic E-state index is -2.83. The van der Waals surface area contributed by atoms with Crippen LogP contribution in [-0.2, 0) is 0 Å². The highest BCUT2D eigenvalue weighted by Crippen LogP contribution is 2.27. The Morgan fingerprint density at radius 1 is 1.28 bits per heavy atom. The molecule has 94 valence electrons. The lowest BCUT2D eigenvalue weighted by Crippen LogP contribution is -2.11. The van der Waals surface area contributed by atoms with Crippen LogP contribution >= 0.6 is 12.2 Å². The van der Waals surface area contributed by atoms with Crippen LogP contribution in [0.25, 0.3) is 11.3 Å². The molecule has 1 heterocycles. The zero-order valence-corrected chi connectivity index (χ0v) is 9.79. The minimum absolute atomic E-state index is 0.0405. The first-order chi connectivity index (χ1) is 8.50. The summed E-state index contributed by atoms with van der Waals surface area (Å²) in [5.41, 5.74) is 6.14. The first-order valence-electron chi connectivity index (χ1n) is 4.92. The number of rotatable bonds is 3. The molecule has 2 N–H and O–H groups in total. The van der Waals surface area contributed by atoms with E-state index in [0.717, 1.165) is 0 Å². The summed E-state index contributed by atoms with van der Waals surface area (Å²) in [6.45, 7) is -2.83. The van der Waals surface area contributed by atoms with Gasteiger partial charge in [-0.3, -0.25) is 0 Å². The molecule has 0 unspecified atom stereocenters. The monoisotopic (exact) mass is 271 g/mol. The number of aromatic nitrogens is 2. The van der Waals surface area contributed by atoms with Crippen molar-refractivity contribution in [3.8, 4) is 11.3 Å². The van der Waals surface area contributed by atoms with Crippen LogP contribution in [0.4, 0.5) is 13.2 Å². The SMILES string of the molecule is NC(=S)c1cnn(C(F)F)c1-c1ccc(F)cc1. The number of alkyl halides is 2. The lowest BCUT2D eigenvalue weighted by atomic mass is 10.1. The Balaban J connectivity index is 2.63. The van der Waals surface area contributed by atoms with Gasteiger partial charge in [0.25, 0.3) is 0 Å². The number of nitrogens with two attached hydrogens (primary N) is 1. The Kier molecular flexibility index (Phi) is 3.33. The largest absolute Gasteiger partial charge is 0.389 e. The fourth-order valence-corrected chi connectivity index (χ4v) is 1.74. The number of halogens is 3. The maximum Gasteiger partial charge on any atom is 0.333 e. The third-order valence-corrected chi connectivity index (χ3v) is 2.58. The summed E-state index contributed by atoms with van der Waals surface area (Å²) in [4.78, 5) is -0.0405. The summed E-state index contributed by atoms with van der Waals surface area (Å²) < 4.78 is 39.0. The van der Waals surface area contributed by atoms with E-state index >= 15 is 0 Å². The van der Waals surface area contributed by atoms with Gasteiger partial charge >= 0.3 is 6.55 Å². The average molecular weight is 271 g/mol. The van der Waals surface area contributed by atoms with Crippen LogP contribution in [0.3, 0.4) is 0 Å². The molecule has 0 bridgehead atoms. The molecule has 3 nitrogen and oxygen atoms in total.